The van der Waals surface area contributed by atoms with E-state index < -0.39 is 0 Å². The van der Waals surface area contributed by atoms with Crippen molar-refractivity contribution in [3.63, 3.8) is 0 Å². The van der Waals surface area contributed by atoms with Crippen molar-refractivity contribution < 1.29 is 4.79 Å². The number of nitrogens with one attached hydrogen (secondary N) is 3. The summed E-state index contributed by atoms with van der Waals surface area (Å²) in [7, 11) is 1.78. The van der Waals surface area contributed by atoms with E-state index in [1.165, 1.54) is 5.56 Å². The number of benzene rings is 2. The summed E-state index contributed by atoms with van der Waals surface area (Å²) in [6.07, 6.45) is 3.48. The number of carbonyl (C=O) groups excluding carboxylic acids is 1. The van der Waals surface area contributed by atoms with Crippen LogP contribution in [0.15, 0.2) is 59.6 Å². The van der Waals surface area contributed by atoms with Crippen molar-refractivity contribution in [3.8, 4) is 0 Å². The molecule has 0 aliphatic carbocycles. The smallest absolute Gasteiger partial charge is 0.224 e. The number of anilines is 1. The van der Waals surface area contributed by atoms with Gasteiger partial charge in [-0.1, -0.05) is 49.4 Å². The van der Waals surface area contributed by atoms with Crippen LogP contribution < -0.4 is 16.0 Å². The Morgan fingerprint density at radius 3 is 2.39 bits per heavy atom. The molecule has 3 N–H and O–H groups in total. The summed E-state index contributed by atoms with van der Waals surface area (Å²) in [6.45, 7) is 4.84. The van der Waals surface area contributed by atoms with Crippen molar-refractivity contribution in [3.05, 3.63) is 65.7 Å². The van der Waals surface area contributed by atoms with Crippen molar-refractivity contribution in [2.75, 3.05) is 12.4 Å². The van der Waals surface area contributed by atoms with Gasteiger partial charge in [0.1, 0.15) is 0 Å². The maximum absolute atomic E-state index is 11.7. The zero-order valence-corrected chi connectivity index (χ0v) is 17.2. The first-order valence-corrected chi connectivity index (χ1v) is 10.0. The Hall–Kier alpha value is -2.82. The van der Waals surface area contributed by atoms with E-state index in [0.29, 0.717) is 19.0 Å². The first kappa shape index (κ1) is 21.5. The van der Waals surface area contributed by atoms with E-state index in [9.17, 15) is 4.79 Å². The molecule has 0 heterocycles. The highest BCUT2D eigenvalue weighted by Crippen LogP contribution is 2.10. The molecule has 0 bridgehead atoms. The lowest BCUT2D eigenvalue weighted by atomic mass is 10.1. The normalized spacial score (nSPS) is 12.3. The molecule has 0 aliphatic heterocycles. The number of hydrogen-bond acceptors (Lipinski definition) is 2. The predicted molar refractivity (Wildman–Crippen MR) is 118 cm³/mol. The monoisotopic (exact) mass is 380 g/mol. The fraction of sp³-hybridized carbons (Fsp3) is 0.391. The molecule has 2 rings (SSSR count). The van der Waals surface area contributed by atoms with Crippen molar-refractivity contribution in [2.24, 2.45) is 4.99 Å². The summed E-state index contributed by atoms with van der Waals surface area (Å²) in [5, 5.41) is 9.69. The number of guanidine groups is 1. The third kappa shape index (κ3) is 7.82. The second-order valence-electron chi connectivity index (χ2n) is 6.99. The number of amides is 1. The Kier molecular flexibility index (Phi) is 9.05. The van der Waals surface area contributed by atoms with E-state index in [-0.39, 0.29) is 5.91 Å². The second-order valence-corrected chi connectivity index (χ2v) is 6.99. The zero-order chi connectivity index (χ0) is 20.2. The van der Waals surface area contributed by atoms with Crippen LogP contribution in [0.5, 0.6) is 0 Å². The van der Waals surface area contributed by atoms with Crippen LogP contribution in [-0.4, -0.2) is 25.0 Å². The number of nitrogens with zero attached hydrogens (tertiary/aromatic N) is 1. The topological polar surface area (TPSA) is 65.5 Å². The highest BCUT2D eigenvalue weighted by Gasteiger charge is 2.06. The van der Waals surface area contributed by atoms with Gasteiger partial charge in [0.25, 0.3) is 0 Å². The van der Waals surface area contributed by atoms with Crippen LogP contribution in [-0.2, 0) is 17.8 Å². The van der Waals surface area contributed by atoms with E-state index in [0.717, 1.165) is 36.5 Å². The third-order valence-electron chi connectivity index (χ3n) is 4.49. The number of carbonyl (C=O) groups is 1. The molecule has 2 aromatic carbocycles. The van der Waals surface area contributed by atoms with Gasteiger partial charge in [0, 0.05) is 31.7 Å². The molecule has 5 nitrogen and oxygen atoms in total. The molecule has 2 aromatic rings. The van der Waals surface area contributed by atoms with Gasteiger partial charge in [0.05, 0.1) is 0 Å². The van der Waals surface area contributed by atoms with Crippen molar-refractivity contribution >= 4 is 17.6 Å². The predicted octanol–water partition coefficient (Wildman–Crippen LogP) is 4.11. The second kappa shape index (κ2) is 11.8. The number of rotatable bonds is 9. The lowest BCUT2D eigenvalue weighted by molar-refractivity contribution is -0.116. The van der Waals surface area contributed by atoms with Crippen LogP contribution in [0, 0.1) is 0 Å². The van der Waals surface area contributed by atoms with E-state index in [2.05, 4.69) is 52.1 Å². The minimum Gasteiger partial charge on any atom is -0.354 e. The first-order chi connectivity index (χ1) is 13.6. The molecule has 0 saturated heterocycles. The van der Waals surface area contributed by atoms with Gasteiger partial charge in [-0.15, -0.1) is 0 Å². The van der Waals surface area contributed by atoms with Crippen LogP contribution in [0.25, 0.3) is 0 Å². The summed E-state index contributed by atoms with van der Waals surface area (Å²) < 4.78 is 0. The lowest BCUT2D eigenvalue weighted by Crippen LogP contribution is -2.42. The van der Waals surface area contributed by atoms with Crippen LogP contribution in [0.4, 0.5) is 5.69 Å². The molecule has 1 atom stereocenters. The largest absolute Gasteiger partial charge is 0.354 e. The maximum atomic E-state index is 11.7. The Morgan fingerprint density at radius 1 is 1.04 bits per heavy atom. The highest BCUT2D eigenvalue weighted by atomic mass is 16.1. The standard InChI is InChI=1S/C23H32N4O/c1-4-8-22(28)27-21-15-13-20(14-16-21)17-25-23(24-3)26-18(2)11-12-19-9-6-5-7-10-19/h5-7,9-10,13-16,18H,4,8,11-12,17H2,1-3H3,(H,27,28)(H2,24,25,26). The van der Waals surface area contributed by atoms with E-state index in [1.807, 2.05) is 37.3 Å². The maximum Gasteiger partial charge on any atom is 0.224 e. The molecule has 0 aromatic heterocycles. The van der Waals surface area contributed by atoms with Crippen LogP contribution in [0.3, 0.4) is 0 Å². The third-order valence-corrected chi connectivity index (χ3v) is 4.49. The van der Waals surface area contributed by atoms with E-state index in [4.69, 9.17) is 0 Å². The Morgan fingerprint density at radius 2 is 1.75 bits per heavy atom. The number of hydrogen-bond donors (Lipinski definition) is 3. The molecule has 0 spiro atoms. The molecule has 0 aliphatic rings. The molecule has 0 radical (unpaired) electrons. The van der Waals surface area contributed by atoms with Crippen LogP contribution in [0.2, 0.25) is 0 Å². The minimum atomic E-state index is 0.0578. The SMILES string of the molecule is CCCC(=O)Nc1ccc(CNC(=NC)NC(C)CCc2ccccc2)cc1. The summed E-state index contributed by atoms with van der Waals surface area (Å²) in [4.78, 5) is 16.0. The van der Waals surface area contributed by atoms with Gasteiger partial charge in [-0.3, -0.25) is 9.79 Å². The fourth-order valence-electron chi connectivity index (χ4n) is 2.87. The molecular formula is C23H32N4O. The molecule has 1 amide bonds. The zero-order valence-electron chi connectivity index (χ0n) is 17.2. The Bertz CT molecular complexity index is 741. The van der Waals surface area contributed by atoms with Gasteiger partial charge < -0.3 is 16.0 Å². The Labute approximate surface area is 168 Å². The van der Waals surface area contributed by atoms with Gasteiger partial charge in [0.2, 0.25) is 5.91 Å². The van der Waals surface area contributed by atoms with Gasteiger partial charge in [-0.2, -0.15) is 0 Å². The lowest BCUT2D eigenvalue weighted by Gasteiger charge is -2.18. The molecule has 150 valence electrons. The van der Waals surface area contributed by atoms with Gasteiger partial charge >= 0.3 is 0 Å². The fourth-order valence-corrected chi connectivity index (χ4v) is 2.87. The van der Waals surface area contributed by atoms with E-state index >= 15 is 0 Å². The van der Waals surface area contributed by atoms with Crippen molar-refractivity contribution in [2.45, 2.75) is 52.1 Å². The number of aryl methyl sites for hydroxylation is 1. The number of aliphatic imine (C=N–C) groups is 1. The van der Waals surface area contributed by atoms with Gasteiger partial charge in [-0.05, 0) is 49.4 Å². The molecule has 5 heteroatoms. The van der Waals surface area contributed by atoms with Crippen LogP contribution in [0.1, 0.15) is 44.2 Å². The van der Waals surface area contributed by atoms with Crippen molar-refractivity contribution in [1.29, 1.82) is 0 Å². The average molecular weight is 381 g/mol. The molecular weight excluding hydrogens is 348 g/mol. The summed E-state index contributed by atoms with van der Waals surface area (Å²) in [5.74, 6) is 0.850. The molecule has 0 saturated carbocycles. The molecule has 1 unspecified atom stereocenters. The molecule has 0 fully saturated rings. The highest BCUT2D eigenvalue weighted by molar-refractivity contribution is 5.90. The van der Waals surface area contributed by atoms with E-state index in [1.54, 1.807) is 7.05 Å². The Balaban J connectivity index is 1.76. The van der Waals surface area contributed by atoms with Crippen LogP contribution >= 0.6 is 0 Å². The molecule has 28 heavy (non-hydrogen) atoms. The minimum absolute atomic E-state index is 0.0578. The summed E-state index contributed by atoms with van der Waals surface area (Å²) in [6, 6.07) is 18.7. The average Bonchev–Trinajstić information content (AvgIpc) is 2.71. The quantitative estimate of drug-likeness (QED) is 0.453. The van der Waals surface area contributed by atoms with Gasteiger partial charge in [0.15, 0.2) is 5.96 Å². The summed E-state index contributed by atoms with van der Waals surface area (Å²) >= 11 is 0. The van der Waals surface area contributed by atoms with Crippen molar-refractivity contribution in [1.82, 2.24) is 10.6 Å². The first-order valence-electron chi connectivity index (χ1n) is 10.0. The van der Waals surface area contributed by atoms with Gasteiger partial charge in [-0.25, -0.2) is 0 Å². The summed E-state index contributed by atoms with van der Waals surface area (Å²) in [5.41, 5.74) is 3.32.